The molecule has 6 N–H and O–H groups in total. The summed E-state index contributed by atoms with van der Waals surface area (Å²) in [4.78, 5) is 84.1. The number of hydrogen-bond donors (Lipinski definition) is 3. The largest absolute Gasteiger partial charge is 0.467 e. The highest BCUT2D eigenvalue weighted by Crippen LogP contribution is 2.37. The lowest BCUT2D eigenvalue weighted by Crippen LogP contribution is -2.13. The molecule has 0 atom stereocenters. The van der Waals surface area contributed by atoms with E-state index in [2.05, 4.69) is 65.3 Å². The van der Waals surface area contributed by atoms with Gasteiger partial charge < -0.3 is 21.9 Å². The van der Waals surface area contributed by atoms with Crippen LogP contribution in [0, 0.1) is 11.3 Å². The van der Waals surface area contributed by atoms with Gasteiger partial charge in [0.2, 0.25) is 0 Å². The minimum absolute atomic E-state index is 0.0484. The van der Waals surface area contributed by atoms with E-state index in [4.69, 9.17) is 27.2 Å². The van der Waals surface area contributed by atoms with Crippen molar-refractivity contribution in [2.75, 3.05) is 7.11 Å². The quantitative estimate of drug-likeness (QED) is 0.0563. The van der Waals surface area contributed by atoms with E-state index in [1.807, 2.05) is 106 Å². The summed E-state index contributed by atoms with van der Waals surface area (Å²) in [5.74, 6) is -2.01. The predicted molar refractivity (Wildman–Crippen MR) is 419 cm³/mol. The van der Waals surface area contributed by atoms with Crippen LogP contribution >= 0.6 is 0 Å². The minimum Gasteiger partial charge on any atom is -0.467 e. The lowest BCUT2D eigenvalue weighted by molar-refractivity contribution is -0.142. The normalized spacial score (nSPS) is 11.3. The van der Waals surface area contributed by atoms with E-state index in [1.54, 1.807) is 125 Å². The zero-order chi connectivity index (χ0) is 82.3. The number of halogens is 6. The predicted octanol–water partition coefficient (Wildman–Crippen LogP) is 13.3. The number of aryl methyl sites for hydroxylation is 4. The molecule has 0 unspecified atom stereocenters. The molecule has 4 aromatic carbocycles. The van der Waals surface area contributed by atoms with Gasteiger partial charge in [0.1, 0.15) is 45.9 Å². The maximum atomic E-state index is 13.3. The van der Waals surface area contributed by atoms with Crippen LogP contribution in [0.4, 0.5) is 26.3 Å². The van der Waals surface area contributed by atoms with Gasteiger partial charge >= 0.3 is 18.4 Å². The smallest absolute Gasteiger partial charge is 0.433 e. The van der Waals surface area contributed by atoms with Crippen LogP contribution in [0.25, 0.3) is 88.1 Å². The molecule has 0 saturated heterocycles. The molecule has 0 aliphatic rings. The molecule has 580 valence electrons. The molecule has 0 spiro atoms. The summed E-state index contributed by atoms with van der Waals surface area (Å²) in [6.07, 6.45) is 14.1. The third kappa shape index (κ3) is 18.6. The number of aromatic nitrogens is 17. The number of carbonyl (C=O) groups is 4. The molecule has 0 saturated carbocycles. The number of nitrogens with zero attached hydrogens (tertiary/aromatic N) is 18. The van der Waals surface area contributed by atoms with E-state index in [0.717, 1.165) is 112 Å². The van der Waals surface area contributed by atoms with Crippen molar-refractivity contribution in [1.29, 1.82) is 5.26 Å². The van der Waals surface area contributed by atoms with Crippen LogP contribution in [-0.4, -0.2) is 115 Å². The number of rotatable bonds is 17. The molecule has 16 rings (SSSR count). The number of amides is 3. The van der Waals surface area contributed by atoms with Gasteiger partial charge in [-0.3, -0.25) is 47.9 Å². The van der Waals surface area contributed by atoms with Gasteiger partial charge in [-0.2, -0.15) is 52.0 Å². The molecule has 16 aromatic rings. The number of primary amides is 3. The van der Waals surface area contributed by atoms with E-state index in [0.29, 0.717) is 57.7 Å². The lowest BCUT2D eigenvalue weighted by atomic mass is 9.97. The highest BCUT2D eigenvalue weighted by molar-refractivity contribution is 6.04. The first kappa shape index (κ1) is 78.9. The topological polar surface area (TPSA) is 367 Å². The van der Waals surface area contributed by atoms with Crippen LogP contribution in [0.15, 0.2) is 214 Å². The Balaban J connectivity index is 0.000000135. The number of ether oxygens (including phenoxy) is 1. The van der Waals surface area contributed by atoms with Crippen molar-refractivity contribution in [1.82, 2.24) is 84.0 Å². The molecule has 12 heterocycles. The highest BCUT2D eigenvalue weighted by Gasteiger charge is 2.35. The molecule has 26 nitrogen and oxygen atoms in total. The third-order valence-corrected chi connectivity index (χ3v) is 18.4. The van der Waals surface area contributed by atoms with E-state index in [1.165, 1.54) is 32.2 Å². The van der Waals surface area contributed by atoms with Crippen molar-refractivity contribution in [3.63, 3.8) is 0 Å². The molecule has 3 amide bonds. The van der Waals surface area contributed by atoms with E-state index < -0.39 is 41.5 Å². The second kappa shape index (κ2) is 33.4. The number of methoxy groups -OCH3 is 1. The average Bonchev–Trinajstić information content (AvgIpc) is 1.22. The van der Waals surface area contributed by atoms with Gasteiger partial charge in [0.15, 0.2) is 5.78 Å². The number of pyridine rings is 7. The number of hydrogen-bond acceptors (Lipinski definition) is 19. The van der Waals surface area contributed by atoms with E-state index in [-0.39, 0.29) is 47.0 Å². The number of carbonyl (C=O) groups excluding carboxylic acids is 4. The Morgan fingerprint density at radius 1 is 0.414 bits per heavy atom. The number of fused-ring (bicyclic) bond motifs is 4. The number of Topliss-reactive ketones (excluding diaryl/α,β-unsaturated/α-hetero) is 1. The minimum atomic E-state index is -4.53. The molecule has 0 bridgehead atoms. The summed E-state index contributed by atoms with van der Waals surface area (Å²) in [6.45, 7) is 1.43. The molecule has 12 aromatic heterocycles. The van der Waals surface area contributed by atoms with Crippen LogP contribution < -0.4 is 21.9 Å². The zero-order valence-electron chi connectivity index (χ0n) is 62.6. The van der Waals surface area contributed by atoms with Gasteiger partial charge in [0.25, 0.3) is 17.7 Å². The standard InChI is InChI=1S/C22H17F3N4O.C21H16F3N5O.C21H16N6O.C20H18N6O2/c1-13(30)19-10-18(16-11-27-29(2)12-16)17-6-5-14(9-20(17)28-19)8-15-4-3-7-26-21(15)22(23,24)25;1-29-11-14(10-27-29)16-9-18(20(25)30)28-17-7-12(2-3-15(16)17)6-13-4-5-26-19(8-13)21(22,23)24;1-27-12-15(11-25-27)18-9-20(21(23)28)26-19-8-13(2-3-17(18)19)6-14-4-5-24-16(7-14)10-22;1-26-11-14(10-24-26)16-7-18(19(21)27)25-17-6-12(3-4-15(16)17)5-13-8-22-20(28-2)23-9-13/h3-7,9-12H,8H2,1-2H3;2-5,7-11H,6H2,1H3,(H2,25,30);2-5,7-9,11-12H,6H2,1H3,(H2,23,28);3-4,6-11H,5H2,1-2H3,(H2,21,27). The molecule has 0 aliphatic heterocycles. The molecule has 116 heavy (non-hydrogen) atoms. The fourth-order valence-corrected chi connectivity index (χ4v) is 13.0. The molecular weight excluding hydrogens is 1500 g/mol. The second-order valence-corrected chi connectivity index (χ2v) is 26.9. The van der Waals surface area contributed by atoms with E-state index >= 15 is 0 Å². The molecule has 32 heteroatoms. The molecule has 0 aliphatic carbocycles. The van der Waals surface area contributed by atoms with Crippen molar-refractivity contribution < 1.29 is 50.3 Å². The van der Waals surface area contributed by atoms with Gasteiger partial charge in [0, 0.05) is 141 Å². The summed E-state index contributed by atoms with van der Waals surface area (Å²) < 4.78 is 90.3. The van der Waals surface area contributed by atoms with Gasteiger partial charge in [-0.05, 0) is 165 Å². The maximum Gasteiger partial charge on any atom is 0.433 e. The summed E-state index contributed by atoms with van der Waals surface area (Å²) in [5, 5.41) is 29.2. The third-order valence-electron chi connectivity index (χ3n) is 18.4. The van der Waals surface area contributed by atoms with Crippen LogP contribution in [-0.2, 0) is 66.2 Å². The maximum absolute atomic E-state index is 13.3. The fraction of sp³-hybridized carbons (Fsp3) is 0.143. The van der Waals surface area contributed by atoms with Crippen molar-refractivity contribution in [2.45, 2.75) is 45.0 Å². The lowest BCUT2D eigenvalue weighted by Gasteiger charge is -2.12. The van der Waals surface area contributed by atoms with E-state index in [9.17, 15) is 45.5 Å². The Morgan fingerprint density at radius 2 is 0.776 bits per heavy atom. The van der Waals surface area contributed by atoms with Gasteiger partial charge in [-0.15, -0.1) is 0 Å². The fourth-order valence-electron chi connectivity index (χ4n) is 13.0. The molecule has 0 radical (unpaired) electrons. The van der Waals surface area contributed by atoms with Crippen LogP contribution in [0.5, 0.6) is 6.01 Å². The Hall–Kier alpha value is -15.2. The Labute approximate surface area is 656 Å². The van der Waals surface area contributed by atoms with Gasteiger partial charge in [-0.1, -0.05) is 54.6 Å². The Morgan fingerprint density at radius 3 is 1.13 bits per heavy atom. The first-order valence-corrected chi connectivity index (χ1v) is 35.3. The Kier molecular flexibility index (Phi) is 22.7. The Bertz CT molecular complexity index is 6510. The number of alkyl halides is 6. The second-order valence-electron chi connectivity index (χ2n) is 26.9. The first-order chi connectivity index (χ1) is 55.5. The average molecular weight is 1560 g/mol. The summed E-state index contributed by atoms with van der Waals surface area (Å²) in [7, 11) is 8.79. The monoisotopic (exact) mass is 1560 g/mol. The summed E-state index contributed by atoms with van der Waals surface area (Å²) in [6, 6.07) is 40.8. The zero-order valence-corrected chi connectivity index (χ0v) is 62.6. The number of ketones is 1. The molecule has 0 fully saturated rings. The molecular formula is C84H67F6N21O5. The number of nitrogens with two attached hydrogens (primary N) is 3. The SMILES string of the molecule is CC(=O)c1cc(-c2cnn(C)c2)c2ccc(Cc3cccnc3C(F)(F)F)cc2n1.COc1ncc(Cc2ccc3c(-c4cnn(C)c4)cc(C(N)=O)nc3c2)cn1.Cn1cc(-c2cc(C(N)=O)nc3cc(Cc4ccnc(C#N)c4)ccc23)cn1.Cn1cc(-c2cc(C(N)=O)nc3cc(Cc4ccnc(C(F)(F)F)c4)ccc23)cn1. The van der Waals surface area contributed by atoms with Crippen LogP contribution in [0.2, 0.25) is 0 Å². The van der Waals surface area contributed by atoms with Crippen molar-refractivity contribution in [2.24, 2.45) is 45.4 Å². The van der Waals surface area contributed by atoms with Crippen molar-refractivity contribution in [3.05, 3.63) is 298 Å². The van der Waals surface area contributed by atoms with Crippen LogP contribution in [0.1, 0.15) is 110 Å². The van der Waals surface area contributed by atoms with Gasteiger partial charge in [-0.25, -0.2) is 34.9 Å². The first-order valence-electron chi connectivity index (χ1n) is 35.3. The summed E-state index contributed by atoms with van der Waals surface area (Å²) in [5.41, 5.74) is 30.8. The number of benzene rings is 4. The van der Waals surface area contributed by atoms with Crippen LogP contribution in [0.3, 0.4) is 0 Å². The van der Waals surface area contributed by atoms with Crippen molar-refractivity contribution in [3.8, 4) is 56.6 Å². The summed E-state index contributed by atoms with van der Waals surface area (Å²) >= 11 is 0. The van der Waals surface area contributed by atoms with Gasteiger partial charge in [0.05, 0.1) is 54.0 Å². The number of nitriles is 1. The highest BCUT2D eigenvalue weighted by atomic mass is 19.4. The van der Waals surface area contributed by atoms with Crippen molar-refractivity contribution >= 4 is 67.1 Å².